The fourth-order valence-electron chi connectivity index (χ4n) is 3.18. The first-order valence-corrected chi connectivity index (χ1v) is 9.45. The van der Waals surface area contributed by atoms with Gasteiger partial charge in [0, 0.05) is 38.4 Å². The lowest BCUT2D eigenvalue weighted by molar-refractivity contribution is -0.115. The molecular formula is C16H23N3O3S. The highest BCUT2D eigenvalue weighted by Gasteiger charge is 2.30. The first-order valence-electron chi connectivity index (χ1n) is 8.01. The summed E-state index contributed by atoms with van der Waals surface area (Å²) in [6.07, 6.45) is 0.251. The van der Waals surface area contributed by atoms with E-state index in [1.54, 1.807) is 22.5 Å². The summed E-state index contributed by atoms with van der Waals surface area (Å²) in [6, 6.07) is 4.89. The van der Waals surface area contributed by atoms with Crippen LogP contribution in [0.2, 0.25) is 0 Å². The Balaban J connectivity index is 1.73. The Bertz CT molecular complexity index is 707. The zero-order chi connectivity index (χ0) is 16.6. The quantitative estimate of drug-likeness (QED) is 0.895. The van der Waals surface area contributed by atoms with E-state index in [2.05, 4.69) is 24.1 Å². The lowest BCUT2D eigenvalue weighted by Gasteiger charge is -2.34. The average molecular weight is 337 g/mol. The van der Waals surface area contributed by atoms with Crippen molar-refractivity contribution in [1.29, 1.82) is 0 Å². The van der Waals surface area contributed by atoms with Crippen molar-refractivity contribution in [2.45, 2.75) is 25.2 Å². The monoisotopic (exact) mass is 337 g/mol. The van der Waals surface area contributed by atoms with E-state index in [4.69, 9.17) is 0 Å². The number of carbonyl (C=O) groups is 1. The number of rotatable bonds is 4. The van der Waals surface area contributed by atoms with E-state index in [0.29, 0.717) is 19.0 Å². The third-order valence-electron chi connectivity index (χ3n) is 4.29. The van der Waals surface area contributed by atoms with Gasteiger partial charge in [-0.05, 0) is 29.7 Å². The summed E-state index contributed by atoms with van der Waals surface area (Å²) in [4.78, 5) is 14.0. The molecule has 1 aromatic rings. The Morgan fingerprint density at radius 2 is 1.87 bits per heavy atom. The Morgan fingerprint density at radius 1 is 1.17 bits per heavy atom. The van der Waals surface area contributed by atoms with Crippen LogP contribution >= 0.6 is 0 Å². The standard InChI is InChI=1S/C16H23N3O3S/c1-12(2)11-18-5-7-19(8-6-18)23(21,22)14-3-4-15-13(9-14)10-16(20)17-15/h3-4,9,12H,5-8,10-11H2,1-2H3,(H,17,20). The highest BCUT2D eigenvalue weighted by molar-refractivity contribution is 7.89. The summed E-state index contributed by atoms with van der Waals surface area (Å²) in [6.45, 7) is 7.91. The largest absolute Gasteiger partial charge is 0.326 e. The van der Waals surface area contributed by atoms with Crippen molar-refractivity contribution in [3.05, 3.63) is 23.8 Å². The molecule has 126 valence electrons. The van der Waals surface area contributed by atoms with Crippen LogP contribution in [0.4, 0.5) is 5.69 Å². The van der Waals surface area contributed by atoms with Gasteiger partial charge < -0.3 is 10.2 Å². The molecule has 0 saturated carbocycles. The maximum atomic E-state index is 12.8. The van der Waals surface area contributed by atoms with Crippen molar-refractivity contribution in [2.24, 2.45) is 5.92 Å². The molecule has 1 saturated heterocycles. The van der Waals surface area contributed by atoms with Crippen LogP contribution in [0, 0.1) is 5.92 Å². The minimum atomic E-state index is -3.49. The van der Waals surface area contributed by atoms with Crippen LogP contribution in [0.3, 0.4) is 0 Å². The molecular weight excluding hydrogens is 314 g/mol. The zero-order valence-corrected chi connectivity index (χ0v) is 14.4. The van der Waals surface area contributed by atoms with Crippen LogP contribution in [-0.2, 0) is 21.2 Å². The Labute approximate surface area is 137 Å². The molecule has 1 amide bonds. The number of amides is 1. The summed E-state index contributed by atoms with van der Waals surface area (Å²) in [7, 11) is -3.49. The SMILES string of the molecule is CC(C)CN1CCN(S(=O)(=O)c2ccc3c(c2)CC(=O)N3)CC1. The van der Waals surface area contributed by atoms with Gasteiger partial charge in [-0.15, -0.1) is 0 Å². The van der Waals surface area contributed by atoms with Crippen molar-refractivity contribution in [1.82, 2.24) is 9.21 Å². The maximum Gasteiger partial charge on any atom is 0.243 e. The van der Waals surface area contributed by atoms with Crippen molar-refractivity contribution in [3.63, 3.8) is 0 Å². The van der Waals surface area contributed by atoms with Crippen molar-refractivity contribution < 1.29 is 13.2 Å². The fraction of sp³-hybridized carbons (Fsp3) is 0.562. The average Bonchev–Trinajstić information content (AvgIpc) is 2.86. The first kappa shape index (κ1) is 16.4. The predicted molar refractivity (Wildman–Crippen MR) is 88.8 cm³/mol. The number of sulfonamides is 1. The number of piperazine rings is 1. The van der Waals surface area contributed by atoms with E-state index in [0.717, 1.165) is 30.9 Å². The van der Waals surface area contributed by atoms with E-state index in [1.165, 1.54) is 0 Å². The number of fused-ring (bicyclic) bond motifs is 1. The highest BCUT2D eigenvalue weighted by atomic mass is 32.2. The molecule has 3 rings (SSSR count). The number of carbonyl (C=O) groups excluding carboxylic acids is 1. The van der Waals surface area contributed by atoms with Crippen molar-refractivity contribution >= 4 is 21.6 Å². The normalized spacial score (nSPS) is 19.9. The van der Waals surface area contributed by atoms with Crippen LogP contribution in [-0.4, -0.2) is 56.3 Å². The summed E-state index contributed by atoms with van der Waals surface area (Å²) < 4.78 is 27.2. The molecule has 1 fully saturated rings. The summed E-state index contributed by atoms with van der Waals surface area (Å²) in [5, 5.41) is 2.73. The minimum Gasteiger partial charge on any atom is -0.326 e. The third-order valence-corrected chi connectivity index (χ3v) is 6.19. The number of nitrogens with one attached hydrogen (secondary N) is 1. The molecule has 6 nitrogen and oxygen atoms in total. The van der Waals surface area contributed by atoms with E-state index in [9.17, 15) is 13.2 Å². The molecule has 23 heavy (non-hydrogen) atoms. The van der Waals surface area contributed by atoms with Gasteiger partial charge in [0.2, 0.25) is 15.9 Å². The number of hydrogen-bond donors (Lipinski definition) is 1. The van der Waals surface area contributed by atoms with Gasteiger partial charge in [0.05, 0.1) is 11.3 Å². The zero-order valence-electron chi connectivity index (χ0n) is 13.6. The van der Waals surface area contributed by atoms with Gasteiger partial charge in [0.1, 0.15) is 0 Å². The number of benzene rings is 1. The van der Waals surface area contributed by atoms with E-state index >= 15 is 0 Å². The van der Waals surface area contributed by atoms with Gasteiger partial charge in [-0.25, -0.2) is 8.42 Å². The molecule has 0 bridgehead atoms. The lowest BCUT2D eigenvalue weighted by atomic mass is 10.2. The second-order valence-electron chi connectivity index (χ2n) is 6.64. The van der Waals surface area contributed by atoms with Crippen LogP contribution in [0.1, 0.15) is 19.4 Å². The third kappa shape index (κ3) is 3.41. The predicted octanol–water partition coefficient (Wildman–Crippen LogP) is 1.14. The molecule has 0 spiro atoms. The van der Waals surface area contributed by atoms with Gasteiger partial charge in [-0.2, -0.15) is 4.31 Å². The molecule has 0 aliphatic carbocycles. The van der Waals surface area contributed by atoms with Gasteiger partial charge in [-0.3, -0.25) is 4.79 Å². The van der Waals surface area contributed by atoms with E-state index < -0.39 is 10.0 Å². The van der Waals surface area contributed by atoms with Crippen LogP contribution in [0.25, 0.3) is 0 Å². The highest BCUT2D eigenvalue weighted by Crippen LogP contribution is 2.27. The maximum absolute atomic E-state index is 12.8. The Morgan fingerprint density at radius 3 is 2.52 bits per heavy atom. The molecule has 0 aromatic heterocycles. The molecule has 2 aliphatic heterocycles. The van der Waals surface area contributed by atoms with E-state index in [1.807, 2.05) is 0 Å². The summed E-state index contributed by atoms with van der Waals surface area (Å²) in [5.41, 5.74) is 1.48. The van der Waals surface area contributed by atoms with Crippen LogP contribution in [0.5, 0.6) is 0 Å². The smallest absolute Gasteiger partial charge is 0.243 e. The fourth-order valence-corrected chi connectivity index (χ4v) is 4.66. The number of anilines is 1. The van der Waals surface area contributed by atoms with Crippen LogP contribution in [0.15, 0.2) is 23.1 Å². The molecule has 0 unspecified atom stereocenters. The summed E-state index contributed by atoms with van der Waals surface area (Å²) in [5.74, 6) is 0.497. The molecule has 2 heterocycles. The number of nitrogens with zero attached hydrogens (tertiary/aromatic N) is 2. The Kier molecular flexibility index (Phi) is 4.44. The molecule has 0 radical (unpaired) electrons. The van der Waals surface area contributed by atoms with Crippen molar-refractivity contribution in [2.75, 3.05) is 38.0 Å². The second-order valence-corrected chi connectivity index (χ2v) is 8.58. The van der Waals surface area contributed by atoms with E-state index in [-0.39, 0.29) is 17.2 Å². The molecule has 7 heteroatoms. The second kappa shape index (κ2) is 6.22. The summed E-state index contributed by atoms with van der Waals surface area (Å²) >= 11 is 0. The molecule has 0 atom stereocenters. The Hall–Kier alpha value is -1.44. The lowest BCUT2D eigenvalue weighted by Crippen LogP contribution is -2.49. The molecule has 1 N–H and O–H groups in total. The molecule has 1 aromatic carbocycles. The van der Waals surface area contributed by atoms with Crippen molar-refractivity contribution in [3.8, 4) is 0 Å². The minimum absolute atomic E-state index is 0.0863. The van der Waals surface area contributed by atoms with Gasteiger partial charge in [0.25, 0.3) is 0 Å². The first-order chi connectivity index (χ1) is 10.9. The van der Waals surface area contributed by atoms with Gasteiger partial charge in [0.15, 0.2) is 0 Å². The van der Waals surface area contributed by atoms with Gasteiger partial charge >= 0.3 is 0 Å². The number of hydrogen-bond acceptors (Lipinski definition) is 4. The van der Waals surface area contributed by atoms with Gasteiger partial charge in [-0.1, -0.05) is 13.8 Å². The topological polar surface area (TPSA) is 69.7 Å². The van der Waals surface area contributed by atoms with Crippen LogP contribution < -0.4 is 5.32 Å². The molecule has 2 aliphatic rings.